The Balaban J connectivity index is 1.92. The lowest BCUT2D eigenvalue weighted by Gasteiger charge is -2.38. The zero-order chi connectivity index (χ0) is 17.4. The lowest BCUT2D eigenvalue weighted by atomic mass is 9.80. The minimum absolute atomic E-state index is 0.0568. The Morgan fingerprint density at radius 3 is 2.48 bits per heavy atom. The van der Waals surface area contributed by atoms with Gasteiger partial charge in [0.15, 0.2) is 0 Å². The molecule has 1 N–H and O–H groups in total. The van der Waals surface area contributed by atoms with Gasteiger partial charge in [-0.05, 0) is 36.6 Å². The van der Waals surface area contributed by atoms with E-state index in [0.717, 1.165) is 37.9 Å². The van der Waals surface area contributed by atoms with Crippen molar-refractivity contribution in [3.05, 3.63) is 71.2 Å². The van der Waals surface area contributed by atoms with Crippen molar-refractivity contribution in [3.63, 3.8) is 0 Å². The van der Waals surface area contributed by atoms with E-state index in [0.29, 0.717) is 0 Å². The fourth-order valence-corrected chi connectivity index (χ4v) is 4.47. The molecule has 1 aliphatic rings. The van der Waals surface area contributed by atoms with E-state index < -0.39 is 0 Å². The summed E-state index contributed by atoms with van der Waals surface area (Å²) < 4.78 is 15.7. The molecule has 1 aliphatic heterocycles. The summed E-state index contributed by atoms with van der Waals surface area (Å²) in [5.74, 6) is -0.177. The van der Waals surface area contributed by atoms with Crippen molar-refractivity contribution < 1.29 is 4.39 Å². The molecule has 0 aliphatic carbocycles. The number of para-hydroxylation sites is 1. The Labute approximate surface area is 148 Å². The van der Waals surface area contributed by atoms with Gasteiger partial charge in [0, 0.05) is 47.2 Å². The second-order valence-electron chi connectivity index (χ2n) is 7.02. The molecule has 0 atom stereocenters. The van der Waals surface area contributed by atoms with Crippen LogP contribution in [-0.4, -0.2) is 11.1 Å². The molecular formula is C22H25FN2. The Morgan fingerprint density at radius 1 is 1.04 bits per heavy atom. The van der Waals surface area contributed by atoms with E-state index in [4.69, 9.17) is 0 Å². The molecule has 2 heterocycles. The molecule has 0 saturated heterocycles. The zero-order valence-corrected chi connectivity index (χ0v) is 15.0. The monoisotopic (exact) mass is 336 g/mol. The maximum Gasteiger partial charge on any atom is 0.123 e. The van der Waals surface area contributed by atoms with Crippen LogP contribution in [-0.2, 0) is 18.5 Å². The minimum atomic E-state index is -0.177. The van der Waals surface area contributed by atoms with Crippen molar-refractivity contribution in [1.29, 1.82) is 0 Å². The van der Waals surface area contributed by atoms with Crippen molar-refractivity contribution in [2.75, 3.05) is 6.54 Å². The number of nitrogens with zero attached hydrogens (tertiary/aromatic N) is 1. The SMILES string of the molecule is CCC1(CC)NCCc2c1c1ccccc1n2Cc1ccc(F)cc1. The molecule has 3 aromatic rings. The van der Waals surface area contributed by atoms with Crippen LogP contribution in [0.15, 0.2) is 48.5 Å². The quantitative estimate of drug-likeness (QED) is 0.710. The molecule has 0 saturated carbocycles. The van der Waals surface area contributed by atoms with Crippen molar-refractivity contribution in [3.8, 4) is 0 Å². The van der Waals surface area contributed by atoms with E-state index in [-0.39, 0.29) is 11.4 Å². The number of halogens is 1. The van der Waals surface area contributed by atoms with Crippen LogP contribution in [0.25, 0.3) is 10.9 Å². The third kappa shape index (κ3) is 2.58. The van der Waals surface area contributed by atoms with E-state index >= 15 is 0 Å². The zero-order valence-electron chi connectivity index (χ0n) is 15.0. The molecule has 130 valence electrons. The van der Waals surface area contributed by atoms with E-state index in [1.165, 1.54) is 22.2 Å². The van der Waals surface area contributed by atoms with Crippen molar-refractivity contribution in [2.45, 2.75) is 45.2 Å². The first-order valence-corrected chi connectivity index (χ1v) is 9.28. The van der Waals surface area contributed by atoms with E-state index in [9.17, 15) is 4.39 Å². The van der Waals surface area contributed by atoms with Crippen LogP contribution in [0.5, 0.6) is 0 Å². The smallest absolute Gasteiger partial charge is 0.123 e. The second kappa shape index (κ2) is 6.30. The van der Waals surface area contributed by atoms with E-state index in [2.05, 4.69) is 48.0 Å². The standard InChI is InChI=1S/C22H25FN2/c1-3-22(4-2)21-18-7-5-6-8-19(18)25(20(21)13-14-24-22)15-16-9-11-17(23)12-10-16/h5-12,24H,3-4,13-15H2,1-2H3. The molecule has 3 heteroatoms. The predicted octanol–water partition coefficient (Wildman–Crippen LogP) is 4.99. The van der Waals surface area contributed by atoms with Crippen molar-refractivity contribution >= 4 is 10.9 Å². The van der Waals surface area contributed by atoms with Gasteiger partial charge in [0.1, 0.15) is 5.82 Å². The van der Waals surface area contributed by atoms with Crippen molar-refractivity contribution in [2.24, 2.45) is 0 Å². The third-order valence-electron chi connectivity index (χ3n) is 5.84. The summed E-state index contributed by atoms with van der Waals surface area (Å²) in [4.78, 5) is 0. The minimum Gasteiger partial charge on any atom is -0.340 e. The molecule has 0 bridgehead atoms. The molecule has 2 nitrogen and oxygen atoms in total. The maximum absolute atomic E-state index is 13.3. The highest BCUT2D eigenvalue weighted by atomic mass is 19.1. The first kappa shape index (κ1) is 16.3. The summed E-state index contributed by atoms with van der Waals surface area (Å²) >= 11 is 0. The lowest BCUT2D eigenvalue weighted by Crippen LogP contribution is -2.46. The van der Waals surface area contributed by atoms with Crippen LogP contribution in [0.2, 0.25) is 0 Å². The first-order valence-electron chi connectivity index (χ1n) is 9.28. The molecule has 4 rings (SSSR count). The average molecular weight is 336 g/mol. The van der Waals surface area contributed by atoms with Crippen LogP contribution < -0.4 is 5.32 Å². The van der Waals surface area contributed by atoms with Gasteiger partial charge in [-0.3, -0.25) is 0 Å². The summed E-state index contributed by atoms with van der Waals surface area (Å²) in [7, 11) is 0. The number of nitrogens with one attached hydrogen (secondary N) is 1. The molecule has 2 aromatic carbocycles. The fourth-order valence-electron chi connectivity index (χ4n) is 4.47. The molecular weight excluding hydrogens is 311 g/mol. The molecule has 0 amide bonds. The third-order valence-corrected chi connectivity index (χ3v) is 5.84. The highest BCUT2D eigenvalue weighted by molar-refractivity contribution is 5.87. The molecule has 1 aromatic heterocycles. The number of rotatable bonds is 4. The Hall–Kier alpha value is -2.13. The Morgan fingerprint density at radius 2 is 1.76 bits per heavy atom. The average Bonchev–Trinajstić information content (AvgIpc) is 2.98. The summed E-state index contributed by atoms with van der Waals surface area (Å²) in [6, 6.07) is 15.6. The van der Waals surface area contributed by atoms with Crippen LogP contribution in [0, 0.1) is 5.82 Å². The molecule has 0 fully saturated rings. The Bertz CT molecular complexity index is 888. The maximum atomic E-state index is 13.3. The van der Waals surface area contributed by atoms with Crippen LogP contribution in [0.1, 0.15) is 43.5 Å². The van der Waals surface area contributed by atoms with Gasteiger partial charge in [-0.25, -0.2) is 4.39 Å². The van der Waals surface area contributed by atoms with Gasteiger partial charge in [-0.2, -0.15) is 0 Å². The van der Waals surface area contributed by atoms with Gasteiger partial charge in [0.05, 0.1) is 0 Å². The lowest BCUT2D eigenvalue weighted by molar-refractivity contribution is 0.292. The van der Waals surface area contributed by atoms with Crippen LogP contribution >= 0.6 is 0 Å². The van der Waals surface area contributed by atoms with Crippen LogP contribution in [0.3, 0.4) is 0 Å². The van der Waals surface area contributed by atoms with E-state index in [1.54, 1.807) is 12.1 Å². The second-order valence-corrected chi connectivity index (χ2v) is 7.02. The summed E-state index contributed by atoms with van der Waals surface area (Å²) in [6.07, 6.45) is 3.20. The Kier molecular flexibility index (Phi) is 4.12. The highest BCUT2D eigenvalue weighted by Crippen LogP contribution is 2.41. The van der Waals surface area contributed by atoms with Gasteiger partial charge in [0.25, 0.3) is 0 Å². The number of aromatic nitrogens is 1. The molecule has 25 heavy (non-hydrogen) atoms. The highest BCUT2D eigenvalue weighted by Gasteiger charge is 2.37. The van der Waals surface area contributed by atoms with Gasteiger partial charge in [0.2, 0.25) is 0 Å². The fraction of sp³-hybridized carbons (Fsp3) is 0.364. The van der Waals surface area contributed by atoms with Crippen molar-refractivity contribution in [1.82, 2.24) is 9.88 Å². The van der Waals surface area contributed by atoms with Gasteiger partial charge in [-0.15, -0.1) is 0 Å². The molecule has 0 spiro atoms. The first-order chi connectivity index (χ1) is 12.2. The van der Waals surface area contributed by atoms with Gasteiger partial charge in [-0.1, -0.05) is 44.2 Å². The molecule has 0 radical (unpaired) electrons. The van der Waals surface area contributed by atoms with E-state index in [1.807, 2.05) is 12.1 Å². The number of hydrogen-bond acceptors (Lipinski definition) is 1. The van der Waals surface area contributed by atoms with Gasteiger partial charge < -0.3 is 9.88 Å². The number of fused-ring (bicyclic) bond motifs is 3. The largest absolute Gasteiger partial charge is 0.340 e. The number of hydrogen-bond donors (Lipinski definition) is 1. The summed E-state index contributed by atoms with van der Waals surface area (Å²) in [5.41, 5.74) is 5.39. The van der Waals surface area contributed by atoms with Gasteiger partial charge >= 0.3 is 0 Å². The number of benzene rings is 2. The molecule has 0 unspecified atom stereocenters. The summed E-state index contributed by atoms with van der Waals surface area (Å²) in [6.45, 7) is 6.35. The summed E-state index contributed by atoms with van der Waals surface area (Å²) in [5, 5.41) is 5.16. The normalized spacial score (nSPS) is 16.1. The predicted molar refractivity (Wildman–Crippen MR) is 101 cm³/mol. The van der Waals surface area contributed by atoms with Crippen LogP contribution in [0.4, 0.5) is 4.39 Å². The topological polar surface area (TPSA) is 17.0 Å².